The van der Waals surface area contributed by atoms with Gasteiger partial charge >= 0.3 is 0 Å². The minimum atomic E-state index is -0.527. The number of piperidine rings is 1. The molecule has 1 amide bonds. The standard InChI is InChI=1S/C21H23N5O/c1-15(19-3-2-4-20(25-19)21(23)27)24-18-9-11-26(12-10-18)14-17-7-5-16(13-22)6-8-17/h2-8,18H,9-12,14H2,1H3,(H2,23,27). The number of carbonyl (C=O) groups excluding carboxylic acids is 1. The summed E-state index contributed by atoms with van der Waals surface area (Å²) >= 11 is 0. The summed E-state index contributed by atoms with van der Waals surface area (Å²) < 4.78 is 0. The number of likely N-dealkylation sites (tertiary alicyclic amines) is 1. The summed E-state index contributed by atoms with van der Waals surface area (Å²) in [5, 5.41) is 8.88. The van der Waals surface area contributed by atoms with Crippen LogP contribution in [0.4, 0.5) is 0 Å². The van der Waals surface area contributed by atoms with Crippen LogP contribution >= 0.6 is 0 Å². The third kappa shape index (κ3) is 4.99. The Morgan fingerprint density at radius 3 is 2.52 bits per heavy atom. The van der Waals surface area contributed by atoms with E-state index in [0.717, 1.165) is 38.2 Å². The van der Waals surface area contributed by atoms with Crippen molar-refractivity contribution in [2.45, 2.75) is 32.4 Å². The van der Waals surface area contributed by atoms with E-state index >= 15 is 0 Å². The van der Waals surface area contributed by atoms with Crippen LogP contribution in [0.15, 0.2) is 47.5 Å². The summed E-state index contributed by atoms with van der Waals surface area (Å²) in [5.41, 5.74) is 9.01. The summed E-state index contributed by atoms with van der Waals surface area (Å²) in [6, 6.07) is 15.4. The number of nitriles is 1. The zero-order chi connectivity index (χ0) is 19.2. The van der Waals surface area contributed by atoms with Crippen LogP contribution in [0.2, 0.25) is 0 Å². The topological polar surface area (TPSA) is 95.4 Å². The molecule has 27 heavy (non-hydrogen) atoms. The third-order valence-corrected chi connectivity index (χ3v) is 4.79. The number of primary amides is 1. The second-order valence-corrected chi connectivity index (χ2v) is 6.80. The minimum absolute atomic E-state index is 0.263. The van der Waals surface area contributed by atoms with Crippen molar-refractivity contribution in [1.29, 1.82) is 5.26 Å². The Morgan fingerprint density at radius 1 is 1.22 bits per heavy atom. The van der Waals surface area contributed by atoms with Gasteiger partial charge in [-0.25, -0.2) is 4.98 Å². The van der Waals surface area contributed by atoms with Gasteiger partial charge in [-0.1, -0.05) is 18.2 Å². The van der Waals surface area contributed by atoms with Crippen LogP contribution in [0.5, 0.6) is 0 Å². The van der Waals surface area contributed by atoms with Gasteiger partial charge < -0.3 is 5.73 Å². The molecule has 1 aliphatic rings. The lowest BCUT2D eigenvalue weighted by Crippen LogP contribution is -2.35. The van der Waals surface area contributed by atoms with Gasteiger partial charge in [0.25, 0.3) is 5.91 Å². The number of carbonyl (C=O) groups is 1. The van der Waals surface area contributed by atoms with Gasteiger partial charge in [-0.05, 0) is 49.6 Å². The summed E-state index contributed by atoms with van der Waals surface area (Å²) in [5.74, 6) is -0.527. The molecule has 1 aromatic heterocycles. The Labute approximate surface area is 159 Å². The molecule has 2 heterocycles. The van der Waals surface area contributed by atoms with Crippen LogP contribution in [0.25, 0.3) is 0 Å². The van der Waals surface area contributed by atoms with Crippen LogP contribution in [0.3, 0.4) is 0 Å². The number of nitrogens with zero attached hydrogens (tertiary/aromatic N) is 4. The first-order valence-corrected chi connectivity index (χ1v) is 9.08. The van der Waals surface area contributed by atoms with Gasteiger partial charge in [0.05, 0.1) is 29.1 Å². The van der Waals surface area contributed by atoms with E-state index in [9.17, 15) is 4.79 Å². The maximum Gasteiger partial charge on any atom is 0.267 e. The van der Waals surface area contributed by atoms with Gasteiger partial charge in [-0.15, -0.1) is 0 Å². The molecule has 0 unspecified atom stereocenters. The number of aromatic nitrogens is 1. The van der Waals surface area contributed by atoms with E-state index < -0.39 is 5.91 Å². The predicted octanol–water partition coefficient (Wildman–Crippen LogP) is 2.53. The molecule has 0 saturated carbocycles. The molecule has 1 saturated heterocycles. The van der Waals surface area contributed by atoms with Crippen molar-refractivity contribution in [2.24, 2.45) is 10.7 Å². The predicted molar refractivity (Wildman–Crippen MR) is 104 cm³/mol. The molecule has 2 N–H and O–H groups in total. The normalized spacial score (nSPS) is 16.1. The number of aliphatic imine (C=N–C) groups is 1. The zero-order valence-corrected chi connectivity index (χ0v) is 15.4. The fourth-order valence-corrected chi connectivity index (χ4v) is 3.26. The number of hydrogen-bond donors (Lipinski definition) is 1. The molecule has 0 aliphatic carbocycles. The number of pyridine rings is 1. The molecule has 1 aromatic carbocycles. The first kappa shape index (κ1) is 18.7. The van der Waals surface area contributed by atoms with Gasteiger partial charge in [0.1, 0.15) is 5.69 Å². The maximum atomic E-state index is 11.3. The fraction of sp³-hybridized carbons (Fsp3) is 0.333. The maximum absolute atomic E-state index is 11.3. The van der Waals surface area contributed by atoms with E-state index in [1.807, 2.05) is 37.3 Å². The SMILES string of the molecule is CC(=NC1CCN(Cc2ccc(C#N)cc2)CC1)c1cccc(C(N)=O)n1. The van der Waals surface area contributed by atoms with E-state index in [1.165, 1.54) is 5.56 Å². The van der Waals surface area contributed by atoms with Crippen LogP contribution in [-0.2, 0) is 6.54 Å². The van der Waals surface area contributed by atoms with E-state index in [0.29, 0.717) is 11.3 Å². The first-order chi connectivity index (χ1) is 13.0. The van der Waals surface area contributed by atoms with Crippen molar-refractivity contribution in [3.05, 3.63) is 65.0 Å². The molecule has 0 radical (unpaired) electrons. The number of hydrogen-bond acceptors (Lipinski definition) is 5. The summed E-state index contributed by atoms with van der Waals surface area (Å²) in [7, 11) is 0. The van der Waals surface area contributed by atoms with Crippen molar-refractivity contribution >= 4 is 11.6 Å². The molecule has 6 nitrogen and oxygen atoms in total. The molecule has 6 heteroatoms. The molecular weight excluding hydrogens is 338 g/mol. The fourth-order valence-electron chi connectivity index (χ4n) is 3.26. The lowest BCUT2D eigenvalue weighted by atomic mass is 10.0. The number of amides is 1. The molecule has 0 atom stereocenters. The Morgan fingerprint density at radius 2 is 1.89 bits per heavy atom. The van der Waals surface area contributed by atoms with Crippen molar-refractivity contribution in [3.63, 3.8) is 0 Å². The summed E-state index contributed by atoms with van der Waals surface area (Å²) in [6.07, 6.45) is 1.98. The monoisotopic (exact) mass is 361 g/mol. The molecule has 3 rings (SSSR count). The highest BCUT2D eigenvalue weighted by molar-refractivity contribution is 5.98. The lowest BCUT2D eigenvalue weighted by molar-refractivity contribution is 0.0995. The summed E-state index contributed by atoms with van der Waals surface area (Å²) in [4.78, 5) is 22.8. The highest BCUT2D eigenvalue weighted by Gasteiger charge is 2.19. The van der Waals surface area contributed by atoms with Crippen LogP contribution in [0.1, 0.15) is 47.1 Å². The minimum Gasteiger partial charge on any atom is -0.364 e. The second-order valence-electron chi connectivity index (χ2n) is 6.80. The highest BCUT2D eigenvalue weighted by Crippen LogP contribution is 2.17. The van der Waals surface area contributed by atoms with E-state index in [1.54, 1.807) is 12.1 Å². The van der Waals surface area contributed by atoms with Crippen molar-refractivity contribution in [3.8, 4) is 6.07 Å². The highest BCUT2D eigenvalue weighted by atomic mass is 16.1. The smallest absolute Gasteiger partial charge is 0.267 e. The Kier molecular flexibility index (Phi) is 5.94. The van der Waals surface area contributed by atoms with E-state index in [4.69, 9.17) is 16.0 Å². The second kappa shape index (κ2) is 8.56. The summed E-state index contributed by atoms with van der Waals surface area (Å²) in [6.45, 7) is 4.78. The molecule has 2 aromatic rings. The number of nitrogens with two attached hydrogens (primary N) is 1. The molecule has 1 fully saturated rings. The van der Waals surface area contributed by atoms with Gasteiger partial charge in [0.2, 0.25) is 0 Å². The quantitative estimate of drug-likeness (QED) is 0.828. The average Bonchev–Trinajstić information content (AvgIpc) is 2.70. The van der Waals surface area contributed by atoms with Gasteiger partial charge in [-0.2, -0.15) is 5.26 Å². The molecule has 0 spiro atoms. The van der Waals surface area contributed by atoms with Crippen molar-refractivity contribution in [2.75, 3.05) is 13.1 Å². The molecule has 0 bridgehead atoms. The average molecular weight is 361 g/mol. The van der Waals surface area contributed by atoms with Gasteiger partial charge in [-0.3, -0.25) is 14.7 Å². The zero-order valence-electron chi connectivity index (χ0n) is 15.4. The molecular formula is C21H23N5O. The largest absolute Gasteiger partial charge is 0.364 e. The van der Waals surface area contributed by atoms with Crippen molar-refractivity contribution in [1.82, 2.24) is 9.88 Å². The van der Waals surface area contributed by atoms with Gasteiger partial charge in [0.15, 0.2) is 0 Å². The third-order valence-electron chi connectivity index (χ3n) is 4.79. The van der Waals surface area contributed by atoms with Crippen LogP contribution < -0.4 is 5.73 Å². The lowest BCUT2D eigenvalue weighted by Gasteiger charge is -2.30. The number of rotatable bonds is 5. The van der Waals surface area contributed by atoms with E-state index in [-0.39, 0.29) is 11.7 Å². The Bertz CT molecular complexity index is 874. The Balaban J connectivity index is 1.56. The van der Waals surface area contributed by atoms with Crippen LogP contribution in [-0.4, -0.2) is 40.6 Å². The molecule has 138 valence electrons. The first-order valence-electron chi connectivity index (χ1n) is 9.08. The van der Waals surface area contributed by atoms with Crippen LogP contribution in [0, 0.1) is 11.3 Å². The number of benzene rings is 1. The van der Waals surface area contributed by atoms with E-state index in [2.05, 4.69) is 16.0 Å². The van der Waals surface area contributed by atoms with Gasteiger partial charge in [0, 0.05) is 19.6 Å². The van der Waals surface area contributed by atoms with Crippen molar-refractivity contribution < 1.29 is 4.79 Å². The Hall–Kier alpha value is -3.04. The molecule has 1 aliphatic heterocycles.